The molecule has 0 saturated carbocycles. The average molecular weight is 264 g/mol. The highest BCUT2D eigenvalue weighted by Crippen LogP contribution is 2.30. The summed E-state index contributed by atoms with van der Waals surface area (Å²) in [5.41, 5.74) is 0.981. The Bertz CT molecular complexity index is 648. The first-order chi connectivity index (χ1) is 8.33. The number of rotatable bonds is 3. The molecule has 0 fully saturated rings. The van der Waals surface area contributed by atoms with Gasteiger partial charge in [-0.25, -0.2) is 9.97 Å². The molecule has 0 bridgehead atoms. The molecule has 7 heteroatoms. The Labute approximate surface area is 105 Å². The average Bonchev–Trinajstić information content (AvgIpc) is 2.94. The Morgan fingerprint density at radius 3 is 3.12 bits per heavy atom. The molecule has 3 aromatic heterocycles. The smallest absolute Gasteiger partial charge is 0.226 e. The van der Waals surface area contributed by atoms with Crippen LogP contribution in [0, 0.1) is 6.92 Å². The molecule has 0 unspecified atom stereocenters. The van der Waals surface area contributed by atoms with Gasteiger partial charge in [-0.15, -0.1) is 21.5 Å². The van der Waals surface area contributed by atoms with Gasteiger partial charge in [0.15, 0.2) is 0 Å². The van der Waals surface area contributed by atoms with E-state index in [0.29, 0.717) is 17.5 Å². The van der Waals surface area contributed by atoms with Gasteiger partial charge in [-0.2, -0.15) is 0 Å². The number of thioether (sulfide) groups is 1. The second-order valence-corrected chi connectivity index (χ2v) is 5.20. The van der Waals surface area contributed by atoms with Crippen LogP contribution in [0.1, 0.15) is 11.8 Å². The predicted octanol–water partition coefficient (Wildman–Crippen LogP) is 2.68. The van der Waals surface area contributed by atoms with Crippen LogP contribution in [-0.2, 0) is 5.75 Å². The lowest BCUT2D eigenvalue weighted by atomic mass is 10.5. The zero-order chi connectivity index (χ0) is 11.7. The third-order valence-corrected chi connectivity index (χ3v) is 4.12. The van der Waals surface area contributed by atoms with Crippen molar-refractivity contribution in [2.45, 2.75) is 17.7 Å². The summed E-state index contributed by atoms with van der Waals surface area (Å²) in [6.45, 7) is 1.78. The Morgan fingerprint density at radius 2 is 2.29 bits per heavy atom. The fourth-order valence-corrected chi connectivity index (χ4v) is 3.18. The fraction of sp³-hybridized carbons (Fsp3) is 0.200. The first-order valence-electron chi connectivity index (χ1n) is 4.93. The molecule has 86 valence electrons. The van der Waals surface area contributed by atoms with Crippen LogP contribution in [-0.4, -0.2) is 20.2 Å². The van der Waals surface area contributed by atoms with Gasteiger partial charge in [0.05, 0.1) is 16.0 Å². The molecular weight excluding hydrogens is 256 g/mol. The summed E-state index contributed by atoms with van der Waals surface area (Å²) < 4.78 is 6.42. The summed E-state index contributed by atoms with van der Waals surface area (Å²) in [4.78, 5) is 8.47. The standard InChI is InChI=1S/C10H8N4OS2/c1-6-13-14-8(15-6)4-17-10-9-7(2-3-16-9)11-5-12-10/h2-3,5H,4H2,1H3. The van der Waals surface area contributed by atoms with Crippen molar-refractivity contribution in [3.8, 4) is 0 Å². The Balaban J connectivity index is 1.83. The molecular formula is C10H8N4OS2. The quantitative estimate of drug-likeness (QED) is 0.535. The summed E-state index contributed by atoms with van der Waals surface area (Å²) in [5.74, 6) is 1.84. The van der Waals surface area contributed by atoms with E-state index in [0.717, 1.165) is 15.2 Å². The van der Waals surface area contributed by atoms with Crippen LogP contribution in [0.5, 0.6) is 0 Å². The summed E-state index contributed by atoms with van der Waals surface area (Å²) >= 11 is 3.23. The summed E-state index contributed by atoms with van der Waals surface area (Å²) in [7, 11) is 0. The minimum absolute atomic E-state index is 0.588. The highest BCUT2D eigenvalue weighted by molar-refractivity contribution is 7.98. The van der Waals surface area contributed by atoms with E-state index < -0.39 is 0 Å². The number of hydrogen-bond acceptors (Lipinski definition) is 7. The van der Waals surface area contributed by atoms with Crippen molar-refractivity contribution >= 4 is 33.3 Å². The monoisotopic (exact) mass is 264 g/mol. The lowest BCUT2D eigenvalue weighted by Crippen LogP contribution is -1.85. The van der Waals surface area contributed by atoms with Crippen LogP contribution in [0.2, 0.25) is 0 Å². The van der Waals surface area contributed by atoms with E-state index in [-0.39, 0.29) is 0 Å². The second-order valence-electron chi connectivity index (χ2n) is 3.32. The lowest BCUT2D eigenvalue weighted by Gasteiger charge is -1.98. The van der Waals surface area contributed by atoms with Crippen LogP contribution in [0.4, 0.5) is 0 Å². The Morgan fingerprint density at radius 1 is 1.35 bits per heavy atom. The van der Waals surface area contributed by atoms with E-state index in [1.165, 1.54) is 0 Å². The maximum atomic E-state index is 5.32. The molecule has 0 aliphatic heterocycles. The minimum atomic E-state index is 0.588. The number of nitrogens with zero attached hydrogens (tertiary/aromatic N) is 4. The van der Waals surface area contributed by atoms with E-state index in [4.69, 9.17) is 4.42 Å². The van der Waals surface area contributed by atoms with Crippen molar-refractivity contribution in [1.29, 1.82) is 0 Å². The molecule has 5 nitrogen and oxygen atoms in total. The van der Waals surface area contributed by atoms with Crippen LogP contribution in [0.15, 0.2) is 27.2 Å². The highest BCUT2D eigenvalue weighted by atomic mass is 32.2. The summed E-state index contributed by atoms with van der Waals surface area (Å²) in [6.07, 6.45) is 1.58. The molecule has 0 aliphatic rings. The van der Waals surface area contributed by atoms with Gasteiger partial charge in [0, 0.05) is 6.92 Å². The largest absolute Gasteiger partial charge is 0.425 e. The molecule has 0 spiro atoms. The maximum Gasteiger partial charge on any atom is 0.226 e. The first-order valence-corrected chi connectivity index (χ1v) is 6.79. The zero-order valence-corrected chi connectivity index (χ0v) is 10.6. The van der Waals surface area contributed by atoms with Crippen molar-refractivity contribution < 1.29 is 4.42 Å². The van der Waals surface area contributed by atoms with Gasteiger partial charge in [-0.05, 0) is 11.4 Å². The minimum Gasteiger partial charge on any atom is -0.425 e. The van der Waals surface area contributed by atoms with Crippen LogP contribution in [0.3, 0.4) is 0 Å². The SMILES string of the molecule is Cc1nnc(CSc2ncnc3ccsc23)o1. The van der Waals surface area contributed by atoms with Gasteiger partial charge in [0.2, 0.25) is 11.8 Å². The second kappa shape index (κ2) is 4.42. The Hall–Kier alpha value is -1.47. The topological polar surface area (TPSA) is 64.7 Å². The zero-order valence-electron chi connectivity index (χ0n) is 8.95. The van der Waals surface area contributed by atoms with Crippen molar-refractivity contribution in [3.05, 3.63) is 29.6 Å². The molecule has 0 atom stereocenters. The number of hydrogen-bond donors (Lipinski definition) is 0. The van der Waals surface area contributed by atoms with Crippen molar-refractivity contribution in [3.63, 3.8) is 0 Å². The van der Waals surface area contributed by atoms with Crippen molar-refractivity contribution in [1.82, 2.24) is 20.2 Å². The first kappa shape index (κ1) is 10.7. The van der Waals surface area contributed by atoms with E-state index in [1.54, 1.807) is 36.3 Å². The van der Waals surface area contributed by atoms with Crippen molar-refractivity contribution in [2.75, 3.05) is 0 Å². The van der Waals surface area contributed by atoms with Gasteiger partial charge >= 0.3 is 0 Å². The lowest BCUT2D eigenvalue weighted by molar-refractivity contribution is 0.485. The molecule has 0 saturated heterocycles. The van der Waals surface area contributed by atoms with Crippen LogP contribution >= 0.6 is 23.1 Å². The molecule has 3 heterocycles. The van der Waals surface area contributed by atoms with Gasteiger partial charge < -0.3 is 4.42 Å². The normalized spacial score (nSPS) is 11.1. The third kappa shape index (κ3) is 2.16. The van der Waals surface area contributed by atoms with Gasteiger partial charge in [0.1, 0.15) is 11.4 Å². The van der Waals surface area contributed by atoms with Crippen molar-refractivity contribution in [2.24, 2.45) is 0 Å². The molecule has 3 rings (SSSR count). The van der Waals surface area contributed by atoms with Crippen LogP contribution < -0.4 is 0 Å². The number of thiophene rings is 1. The molecule has 0 radical (unpaired) electrons. The van der Waals surface area contributed by atoms with Gasteiger partial charge in [-0.3, -0.25) is 0 Å². The van der Waals surface area contributed by atoms with E-state index in [2.05, 4.69) is 20.2 Å². The molecule has 0 aliphatic carbocycles. The summed E-state index contributed by atoms with van der Waals surface area (Å²) in [6, 6.07) is 1.99. The summed E-state index contributed by atoms with van der Waals surface area (Å²) in [5, 5.41) is 10.7. The molecule has 17 heavy (non-hydrogen) atoms. The number of aryl methyl sites for hydroxylation is 1. The van der Waals surface area contributed by atoms with E-state index >= 15 is 0 Å². The highest BCUT2D eigenvalue weighted by Gasteiger charge is 2.08. The van der Waals surface area contributed by atoms with Gasteiger partial charge in [0.25, 0.3) is 0 Å². The number of fused-ring (bicyclic) bond motifs is 1. The van der Waals surface area contributed by atoms with E-state index in [1.807, 2.05) is 11.4 Å². The van der Waals surface area contributed by atoms with Crippen LogP contribution in [0.25, 0.3) is 10.2 Å². The predicted molar refractivity (Wildman–Crippen MR) is 66.0 cm³/mol. The Kier molecular flexibility index (Phi) is 2.77. The number of aromatic nitrogens is 4. The molecule has 0 N–H and O–H groups in total. The maximum absolute atomic E-state index is 5.32. The fourth-order valence-electron chi connectivity index (χ4n) is 1.40. The van der Waals surface area contributed by atoms with Gasteiger partial charge in [-0.1, -0.05) is 11.8 Å². The third-order valence-electron chi connectivity index (χ3n) is 2.11. The molecule has 3 aromatic rings. The van der Waals surface area contributed by atoms with E-state index in [9.17, 15) is 0 Å². The molecule has 0 aromatic carbocycles. The molecule has 0 amide bonds.